The zero-order valence-electron chi connectivity index (χ0n) is 13.8. The van der Waals surface area contributed by atoms with Crippen molar-refractivity contribution in [2.24, 2.45) is 0 Å². The van der Waals surface area contributed by atoms with Crippen molar-refractivity contribution in [3.63, 3.8) is 0 Å². The number of amides is 1. The van der Waals surface area contributed by atoms with Crippen molar-refractivity contribution in [3.05, 3.63) is 80.8 Å². The summed E-state index contributed by atoms with van der Waals surface area (Å²) in [4.78, 5) is 16.9. The minimum atomic E-state index is -4.40. The molecule has 28 heavy (non-hydrogen) atoms. The van der Waals surface area contributed by atoms with Gasteiger partial charge < -0.3 is 0 Å². The fraction of sp³-hybridized carbons (Fsp3) is 0.111. The number of thiazole rings is 1. The van der Waals surface area contributed by atoms with Gasteiger partial charge in [-0.1, -0.05) is 23.7 Å². The number of carbonyl (C=O) groups excluding carboxylic acids is 1. The number of hydrogen-bond acceptors (Lipinski definition) is 3. The van der Waals surface area contributed by atoms with Crippen LogP contribution >= 0.6 is 22.9 Å². The van der Waals surface area contributed by atoms with E-state index in [1.165, 1.54) is 18.3 Å². The molecule has 0 spiro atoms. The molecule has 2 aromatic carbocycles. The zero-order valence-corrected chi connectivity index (χ0v) is 15.4. The lowest BCUT2D eigenvalue weighted by molar-refractivity contribution is -0.137. The van der Waals surface area contributed by atoms with Crippen molar-refractivity contribution in [2.75, 3.05) is 5.32 Å². The molecule has 0 aliphatic rings. The Morgan fingerprint density at radius 3 is 2.39 bits per heavy atom. The Bertz CT molecular complexity index is 1020. The number of anilines is 1. The number of hydrogen-bond donors (Lipinski definition) is 1. The van der Waals surface area contributed by atoms with Gasteiger partial charge in [0.2, 0.25) is 0 Å². The third kappa shape index (κ3) is 4.66. The average molecular weight is 433 g/mol. The number of rotatable bonds is 4. The summed E-state index contributed by atoms with van der Waals surface area (Å²) < 4.78 is 64.2. The lowest BCUT2D eigenvalue weighted by Crippen LogP contribution is -2.13. The molecule has 1 amide bonds. The van der Waals surface area contributed by atoms with Crippen molar-refractivity contribution < 1.29 is 26.7 Å². The van der Waals surface area contributed by atoms with Crippen LogP contribution in [0, 0.1) is 11.6 Å². The maximum Gasteiger partial charge on any atom is 0.416 e. The standard InChI is InChI=1S/C18H10ClF5N2OS/c19-13-7-15(21)14(20)6-12(13)16(27)26-17-25-8-11(28-17)5-9-1-3-10(4-2-9)18(22,23)24/h1-4,6-8H,5H2,(H,25,26,27). The van der Waals surface area contributed by atoms with Crippen LogP contribution in [0.15, 0.2) is 42.6 Å². The number of alkyl halides is 3. The molecule has 146 valence electrons. The summed E-state index contributed by atoms with van der Waals surface area (Å²) in [5, 5.41) is 2.36. The van der Waals surface area contributed by atoms with Crippen molar-refractivity contribution in [1.82, 2.24) is 4.98 Å². The van der Waals surface area contributed by atoms with E-state index in [9.17, 15) is 26.7 Å². The number of halogens is 6. The highest BCUT2D eigenvalue weighted by Crippen LogP contribution is 2.30. The number of nitrogens with zero attached hydrogens (tertiary/aromatic N) is 1. The van der Waals surface area contributed by atoms with E-state index < -0.39 is 29.3 Å². The van der Waals surface area contributed by atoms with E-state index in [2.05, 4.69) is 10.3 Å². The molecular weight excluding hydrogens is 423 g/mol. The second-order valence-electron chi connectivity index (χ2n) is 5.70. The van der Waals surface area contributed by atoms with Gasteiger partial charge in [0.25, 0.3) is 5.91 Å². The second kappa shape index (κ2) is 7.84. The first-order chi connectivity index (χ1) is 13.1. The van der Waals surface area contributed by atoms with Gasteiger partial charge >= 0.3 is 6.18 Å². The fourth-order valence-corrected chi connectivity index (χ4v) is 3.40. The zero-order chi connectivity index (χ0) is 20.5. The van der Waals surface area contributed by atoms with E-state index in [4.69, 9.17) is 11.6 Å². The predicted octanol–water partition coefficient (Wildman–Crippen LogP) is 5.94. The summed E-state index contributed by atoms with van der Waals surface area (Å²) in [6.45, 7) is 0. The van der Waals surface area contributed by atoms with Crippen LogP contribution in [0.5, 0.6) is 0 Å². The van der Waals surface area contributed by atoms with Gasteiger partial charge in [-0.3, -0.25) is 10.1 Å². The minimum Gasteiger partial charge on any atom is -0.298 e. The lowest BCUT2D eigenvalue weighted by Gasteiger charge is -2.07. The maximum absolute atomic E-state index is 13.3. The van der Waals surface area contributed by atoms with Gasteiger partial charge in [-0.2, -0.15) is 13.2 Å². The molecular formula is C18H10ClF5N2OS. The number of aromatic nitrogens is 1. The van der Waals surface area contributed by atoms with Crippen molar-refractivity contribution >= 4 is 34.0 Å². The van der Waals surface area contributed by atoms with Crippen LogP contribution in [-0.4, -0.2) is 10.9 Å². The summed E-state index contributed by atoms with van der Waals surface area (Å²) in [5.41, 5.74) is -0.352. The Labute approximate surface area is 164 Å². The third-order valence-corrected chi connectivity index (χ3v) is 4.91. The first-order valence-corrected chi connectivity index (χ1v) is 8.89. The van der Waals surface area contributed by atoms with Gasteiger partial charge in [-0.15, -0.1) is 11.3 Å². The molecule has 1 heterocycles. The van der Waals surface area contributed by atoms with E-state index >= 15 is 0 Å². The van der Waals surface area contributed by atoms with Crippen LogP contribution in [0.4, 0.5) is 27.1 Å². The maximum atomic E-state index is 13.3. The average Bonchev–Trinajstić information content (AvgIpc) is 3.04. The van der Waals surface area contributed by atoms with Gasteiger partial charge in [0.15, 0.2) is 16.8 Å². The molecule has 0 saturated heterocycles. The Morgan fingerprint density at radius 2 is 1.75 bits per heavy atom. The smallest absolute Gasteiger partial charge is 0.298 e. The van der Waals surface area contributed by atoms with E-state index in [1.807, 2.05) is 0 Å². The summed E-state index contributed by atoms with van der Waals surface area (Å²) >= 11 is 6.85. The van der Waals surface area contributed by atoms with Gasteiger partial charge in [-0.25, -0.2) is 13.8 Å². The van der Waals surface area contributed by atoms with Crippen LogP contribution in [0.25, 0.3) is 0 Å². The largest absolute Gasteiger partial charge is 0.416 e. The molecule has 0 bridgehead atoms. The molecule has 0 atom stereocenters. The van der Waals surface area contributed by atoms with Gasteiger partial charge in [0.05, 0.1) is 16.1 Å². The molecule has 0 fully saturated rings. The van der Waals surface area contributed by atoms with Gasteiger partial charge in [-0.05, 0) is 29.8 Å². The number of nitrogens with one attached hydrogen (secondary N) is 1. The highest BCUT2D eigenvalue weighted by Gasteiger charge is 2.29. The SMILES string of the molecule is O=C(Nc1ncc(Cc2ccc(C(F)(F)F)cc2)s1)c1cc(F)c(F)cc1Cl. The first-order valence-electron chi connectivity index (χ1n) is 7.70. The Balaban J connectivity index is 1.69. The molecule has 0 aliphatic carbocycles. The van der Waals surface area contributed by atoms with Gasteiger partial charge in [0, 0.05) is 17.5 Å². The number of benzene rings is 2. The molecule has 1 aromatic heterocycles. The molecule has 0 saturated carbocycles. The van der Waals surface area contributed by atoms with Crippen LogP contribution in [0.1, 0.15) is 26.4 Å². The van der Waals surface area contributed by atoms with Crippen LogP contribution in [0.2, 0.25) is 5.02 Å². The molecule has 0 aliphatic heterocycles. The van der Waals surface area contributed by atoms with Crippen molar-refractivity contribution in [3.8, 4) is 0 Å². The Kier molecular flexibility index (Phi) is 5.66. The molecule has 3 aromatic rings. The van der Waals surface area contributed by atoms with Crippen LogP contribution < -0.4 is 5.32 Å². The first kappa shape index (κ1) is 20.2. The molecule has 10 heteroatoms. The molecule has 3 nitrogen and oxygen atoms in total. The molecule has 3 rings (SSSR count). The van der Waals surface area contributed by atoms with E-state index in [-0.39, 0.29) is 15.7 Å². The van der Waals surface area contributed by atoms with Crippen molar-refractivity contribution in [1.29, 1.82) is 0 Å². The summed E-state index contributed by atoms with van der Waals surface area (Å²) in [5.74, 6) is -3.15. The normalized spacial score (nSPS) is 11.5. The predicted molar refractivity (Wildman–Crippen MR) is 95.7 cm³/mol. The van der Waals surface area contributed by atoms with E-state index in [0.717, 1.165) is 23.5 Å². The summed E-state index contributed by atoms with van der Waals surface area (Å²) in [6.07, 6.45) is -2.62. The minimum absolute atomic E-state index is 0.188. The molecule has 0 radical (unpaired) electrons. The van der Waals surface area contributed by atoms with Crippen LogP contribution in [0.3, 0.4) is 0 Å². The topological polar surface area (TPSA) is 42.0 Å². The Hall–Kier alpha value is -2.52. The number of carbonyl (C=O) groups is 1. The van der Waals surface area contributed by atoms with E-state index in [0.29, 0.717) is 29.0 Å². The van der Waals surface area contributed by atoms with Crippen LogP contribution in [-0.2, 0) is 12.6 Å². The molecule has 1 N–H and O–H groups in total. The fourth-order valence-electron chi connectivity index (χ4n) is 2.32. The van der Waals surface area contributed by atoms with E-state index in [1.54, 1.807) is 0 Å². The van der Waals surface area contributed by atoms with Crippen molar-refractivity contribution in [2.45, 2.75) is 12.6 Å². The molecule has 0 unspecified atom stereocenters. The Morgan fingerprint density at radius 1 is 1.11 bits per heavy atom. The summed E-state index contributed by atoms with van der Waals surface area (Å²) in [7, 11) is 0. The quantitative estimate of drug-likeness (QED) is 0.409. The highest BCUT2D eigenvalue weighted by molar-refractivity contribution is 7.15. The lowest BCUT2D eigenvalue weighted by atomic mass is 10.1. The summed E-state index contributed by atoms with van der Waals surface area (Å²) in [6, 6.07) is 6.09. The second-order valence-corrected chi connectivity index (χ2v) is 7.23. The monoisotopic (exact) mass is 432 g/mol. The highest BCUT2D eigenvalue weighted by atomic mass is 35.5. The third-order valence-electron chi connectivity index (χ3n) is 3.69. The van der Waals surface area contributed by atoms with Gasteiger partial charge in [0.1, 0.15) is 0 Å².